The van der Waals surface area contributed by atoms with Crippen molar-refractivity contribution >= 4 is 11.8 Å². The smallest absolute Gasteiger partial charge is 0.242 e. The molecule has 2 N–H and O–H groups in total. The third-order valence-corrected chi connectivity index (χ3v) is 1.89. The number of rotatable bonds is 0. The number of amides is 2. The Morgan fingerprint density at radius 3 is 1.60 bits per heavy atom. The van der Waals surface area contributed by atoms with Crippen LogP contribution in [-0.2, 0) is 9.59 Å². The van der Waals surface area contributed by atoms with Crippen LogP contribution < -0.4 is 10.9 Å². The van der Waals surface area contributed by atoms with E-state index >= 15 is 0 Å². The molecule has 4 heteroatoms. The zero-order valence-corrected chi connectivity index (χ0v) is 5.97. The van der Waals surface area contributed by atoms with Gasteiger partial charge in [-0.1, -0.05) is 13.8 Å². The molecule has 1 aliphatic rings. The molecule has 2 atom stereocenters. The van der Waals surface area contributed by atoms with E-state index in [0.29, 0.717) is 0 Å². The second kappa shape index (κ2) is 2.28. The molecule has 1 aliphatic heterocycles. The molecular weight excluding hydrogens is 132 g/mol. The first-order chi connectivity index (χ1) is 4.63. The van der Waals surface area contributed by atoms with Crippen molar-refractivity contribution < 1.29 is 9.59 Å². The molecule has 0 radical (unpaired) electrons. The largest absolute Gasteiger partial charge is 0.273 e. The van der Waals surface area contributed by atoms with Crippen LogP contribution in [0.3, 0.4) is 0 Å². The van der Waals surface area contributed by atoms with Crippen LogP contribution in [0.4, 0.5) is 0 Å². The van der Waals surface area contributed by atoms with Gasteiger partial charge in [0, 0.05) is 11.8 Å². The molecule has 56 valence electrons. The Labute approximate surface area is 59.0 Å². The highest BCUT2D eigenvalue weighted by atomic mass is 16.2. The Bertz CT molecular complexity index is 159. The molecule has 0 saturated carbocycles. The number of carbonyl (C=O) groups is 2. The fourth-order valence-corrected chi connectivity index (χ4v) is 0.805. The average Bonchev–Trinajstić information content (AvgIpc) is 1.93. The molecule has 1 heterocycles. The van der Waals surface area contributed by atoms with Gasteiger partial charge >= 0.3 is 0 Å². The van der Waals surface area contributed by atoms with Crippen molar-refractivity contribution in [1.82, 2.24) is 10.9 Å². The van der Waals surface area contributed by atoms with Gasteiger partial charge in [0.05, 0.1) is 0 Å². The van der Waals surface area contributed by atoms with Crippen LogP contribution >= 0.6 is 0 Å². The van der Waals surface area contributed by atoms with E-state index in [1.807, 2.05) is 0 Å². The molecule has 2 unspecified atom stereocenters. The summed E-state index contributed by atoms with van der Waals surface area (Å²) in [4.78, 5) is 21.6. The molecule has 0 bridgehead atoms. The van der Waals surface area contributed by atoms with E-state index in [1.165, 1.54) is 0 Å². The quantitative estimate of drug-likeness (QED) is 0.475. The van der Waals surface area contributed by atoms with Gasteiger partial charge in [0.2, 0.25) is 11.8 Å². The molecule has 0 aliphatic carbocycles. The molecule has 1 fully saturated rings. The molecule has 10 heavy (non-hydrogen) atoms. The van der Waals surface area contributed by atoms with E-state index in [1.54, 1.807) is 13.8 Å². The number of carbonyl (C=O) groups excluding carboxylic acids is 2. The standard InChI is InChI=1S/C6H10N2O2/c1-3-4(2)6(10)8-7-5(3)9/h3-4H,1-2H3,(H,7,9)(H,8,10). The van der Waals surface area contributed by atoms with E-state index in [2.05, 4.69) is 10.9 Å². The summed E-state index contributed by atoms with van der Waals surface area (Å²) in [5.74, 6) is -0.665. The Balaban J connectivity index is 2.69. The summed E-state index contributed by atoms with van der Waals surface area (Å²) in [6.07, 6.45) is 0. The average molecular weight is 142 g/mol. The molecule has 2 amide bonds. The monoisotopic (exact) mass is 142 g/mol. The van der Waals surface area contributed by atoms with Crippen LogP contribution in [0.2, 0.25) is 0 Å². The van der Waals surface area contributed by atoms with Crippen LogP contribution in [0.5, 0.6) is 0 Å². The summed E-state index contributed by atoms with van der Waals surface area (Å²) in [6, 6.07) is 0. The zero-order chi connectivity index (χ0) is 7.72. The van der Waals surface area contributed by atoms with E-state index < -0.39 is 0 Å². The highest BCUT2D eigenvalue weighted by Crippen LogP contribution is 2.12. The molecule has 0 aromatic carbocycles. The van der Waals surface area contributed by atoms with Crippen LogP contribution in [0.25, 0.3) is 0 Å². The van der Waals surface area contributed by atoms with Gasteiger partial charge in [-0.2, -0.15) is 0 Å². The van der Waals surface area contributed by atoms with Gasteiger partial charge in [-0.15, -0.1) is 0 Å². The van der Waals surface area contributed by atoms with Gasteiger partial charge in [0.25, 0.3) is 0 Å². The van der Waals surface area contributed by atoms with Gasteiger partial charge in [-0.25, -0.2) is 0 Å². The van der Waals surface area contributed by atoms with Crippen molar-refractivity contribution in [2.75, 3.05) is 0 Å². The van der Waals surface area contributed by atoms with Crippen molar-refractivity contribution in [3.63, 3.8) is 0 Å². The van der Waals surface area contributed by atoms with E-state index in [9.17, 15) is 9.59 Å². The number of hydrogen-bond donors (Lipinski definition) is 2. The Hall–Kier alpha value is -1.06. The maximum atomic E-state index is 10.8. The number of nitrogens with one attached hydrogen (secondary N) is 2. The number of hydrogen-bond acceptors (Lipinski definition) is 2. The lowest BCUT2D eigenvalue weighted by Gasteiger charge is -2.24. The third kappa shape index (κ3) is 0.964. The molecular formula is C6H10N2O2. The predicted molar refractivity (Wildman–Crippen MR) is 34.6 cm³/mol. The summed E-state index contributed by atoms with van der Waals surface area (Å²) < 4.78 is 0. The zero-order valence-electron chi connectivity index (χ0n) is 5.97. The van der Waals surface area contributed by atoms with Gasteiger partial charge in [-0.3, -0.25) is 20.4 Å². The first kappa shape index (κ1) is 7.05. The lowest BCUT2D eigenvalue weighted by atomic mass is 9.93. The first-order valence-electron chi connectivity index (χ1n) is 3.22. The van der Waals surface area contributed by atoms with Crippen molar-refractivity contribution in [2.45, 2.75) is 13.8 Å². The SMILES string of the molecule is CC1C(=O)NNC(=O)C1C. The highest BCUT2D eigenvalue weighted by Gasteiger charge is 2.30. The Morgan fingerprint density at radius 1 is 1.00 bits per heavy atom. The van der Waals surface area contributed by atoms with Crippen LogP contribution in [-0.4, -0.2) is 11.8 Å². The van der Waals surface area contributed by atoms with Gasteiger partial charge < -0.3 is 0 Å². The second-order valence-corrected chi connectivity index (χ2v) is 2.56. The minimum Gasteiger partial charge on any atom is -0.273 e. The minimum atomic E-state index is -0.214. The molecule has 1 saturated heterocycles. The summed E-state index contributed by atoms with van der Waals surface area (Å²) in [6.45, 7) is 3.47. The molecule has 0 aromatic rings. The maximum absolute atomic E-state index is 10.8. The van der Waals surface area contributed by atoms with Crippen molar-refractivity contribution in [3.05, 3.63) is 0 Å². The lowest BCUT2D eigenvalue weighted by molar-refractivity contribution is -0.141. The van der Waals surface area contributed by atoms with Crippen LogP contribution in [0.1, 0.15) is 13.8 Å². The predicted octanol–water partition coefficient (Wildman–Crippen LogP) is -0.580. The van der Waals surface area contributed by atoms with E-state index in [4.69, 9.17) is 0 Å². The topological polar surface area (TPSA) is 58.2 Å². The molecule has 1 rings (SSSR count). The van der Waals surface area contributed by atoms with Crippen molar-refractivity contribution in [1.29, 1.82) is 0 Å². The Kier molecular flexibility index (Phi) is 1.61. The van der Waals surface area contributed by atoms with E-state index in [0.717, 1.165) is 0 Å². The summed E-state index contributed by atoms with van der Waals surface area (Å²) in [5, 5.41) is 0. The first-order valence-corrected chi connectivity index (χ1v) is 3.22. The van der Waals surface area contributed by atoms with Crippen LogP contribution in [0, 0.1) is 11.8 Å². The van der Waals surface area contributed by atoms with Gasteiger partial charge in [0.15, 0.2) is 0 Å². The van der Waals surface area contributed by atoms with Crippen molar-refractivity contribution in [2.24, 2.45) is 11.8 Å². The van der Waals surface area contributed by atoms with Crippen molar-refractivity contribution in [3.8, 4) is 0 Å². The summed E-state index contributed by atoms with van der Waals surface area (Å²) >= 11 is 0. The van der Waals surface area contributed by atoms with Gasteiger partial charge in [0.1, 0.15) is 0 Å². The fourth-order valence-electron chi connectivity index (χ4n) is 0.805. The lowest BCUT2D eigenvalue weighted by Crippen LogP contribution is -2.54. The van der Waals surface area contributed by atoms with E-state index in [-0.39, 0.29) is 23.7 Å². The normalized spacial score (nSPS) is 33.0. The molecule has 0 aromatic heterocycles. The minimum absolute atomic E-state index is 0.118. The molecule has 0 spiro atoms. The summed E-state index contributed by atoms with van der Waals surface area (Å²) in [7, 11) is 0. The fraction of sp³-hybridized carbons (Fsp3) is 0.667. The maximum Gasteiger partial charge on any atom is 0.242 e. The van der Waals surface area contributed by atoms with Crippen LogP contribution in [0.15, 0.2) is 0 Å². The highest BCUT2D eigenvalue weighted by molar-refractivity contribution is 5.92. The Morgan fingerprint density at radius 2 is 1.30 bits per heavy atom. The third-order valence-electron chi connectivity index (χ3n) is 1.89. The second-order valence-electron chi connectivity index (χ2n) is 2.56. The molecule has 4 nitrogen and oxygen atoms in total. The number of hydrazine groups is 1. The van der Waals surface area contributed by atoms with Gasteiger partial charge in [-0.05, 0) is 0 Å². The summed E-state index contributed by atoms with van der Waals surface area (Å²) in [5.41, 5.74) is 4.55.